The van der Waals surface area contributed by atoms with Gasteiger partial charge < -0.3 is 14.8 Å². The molecule has 2 atom stereocenters. The molecule has 0 amide bonds. The first kappa shape index (κ1) is 22.9. The van der Waals surface area contributed by atoms with Gasteiger partial charge in [0.05, 0.1) is 12.2 Å². The van der Waals surface area contributed by atoms with Crippen LogP contribution in [0.4, 0.5) is 4.39 Å². The molecule has 2 aliphatic rings. The van der Waals surface area contributed by atoms with E-state index in [0.717, 1.165) is 11.3 Å². The van der Waals surface area contributed by atoms with Gasteiger partial charge in [-0.15, -0.1) is 0 Å². The fourth-order valence-corrected chi connectivity index (χ4v) is 4.71. The van der Waals surface area contributed by atoms with Gasteiger partial charge >= 0.3 is 5.97 Å². The molecule has 5 nitrogen and oxygen atoms in total. The minimum Gasteiger partial charge on any atom is -0.460 e. The Bertz CT molecular complexity index is 1110. The molecule has 172 valence electrons. The van der Waals surface area contributed by atoms with Crippen LogP contribution in [0.1, 0.15) is 49.7 Å². The number of ether oxygens (including phenoxy) is 2. The maximum atomic E-state index is 14.2. The third-order valence-electron chi connectivity index (χ3n) is 6.17. The summed E-state index contributed by atoms with van der Waals surface area (Å²) in [6.45, 7) is 4.59. The second-order valence-electron chi connectivity index (χ2n) is 8.32. The normalized spacial score (nSPS) is 20.4. The number of allylic oxidation sites excluding steroid dienone is 3. The maximum absolute atomic E-state index is 14.2. The van der Waals surface area contributed by atoms with Crippen molar-refractivity contribution in [3.63, 3.8) is 0 Å². The van der Waals surface area contributed by atoms with Crippen molar-refractivity contribution < 1.29 is 23.5 Å². The number of nitrogens with one attached hydrogen (secondary N) is 1. The third-order valence-corrected chi connectivity index (χ3v) is 6.17. The van der Waals surface area contributed by atoms with Crippen molar-refractivity contribution in [2.24, 2.45) is 0 Å². The van der Waals surface area contributed by atoms with Crippen LogP contribution in [0.3, 0.4) is 0 Å². The Morgan fingerprint density at radius 2 is 1.82 bits per heavy atom. The summed E-state index contributed by atoms with van der Waals surface area (Å²) < 4.78 is 24.9. The van der Waals surface area contributed by atoms with E-state index in [0.29, 0.717) is 41.9 Å². The van der Waals surface area contributed by atoms with Gasteiger partial charge in [0.1, 0.15) is 12.4 Å². The number of carbonyl (C=O) groups is 2. The van der Waals surface area contributed by atoms with Gasteiger partial charge in [0.15, 0.2) is 5.78 Å². The van der Waals surface area contributed by atoms with Crippen LogP contribution in [0.2, 0.25) is 0 Å². The van der Waals surface area contributed by atoms with Crippen molar-refractivity contribution in [3.8, 4) is 0 Å². The van der Waals surface area contributed by atoms with Crippen LogP contribution in [0.5, 0.6) is 0 Å². The van der Waals surface area contributed by atoms with E-state index < -0.39 is 17.7 Å². The second-order valence-corrected chi connectivity index (χ2v) is 8.32. The Kier molecular flexibility index (Phi) is 7.04. The largest absolute Gasteiger partial charge is 0.460 e. The van der Waals surface area contributed by atoms with Gasteiger partial charge in [0.25, 0.3) is 0 Å². The van der Waals surface area contributed by atoms with E-state index in [9.17, 15) is 14.0 Å². The van der Waals surface area contributed by atoms with Crippen LogP contribution < -0.4 is 5.32 Å². The predicted molar refractivity (Wildman–Crippen MR) is 123 cm³/mol. The minimum atomic E-state index is -0.680. The standard InChI is InChI=1S/C27H28FNO4/c1-3-32-12-13-33-27(31)24-17(2)29-22-15-20(18-8-5-4-6-9-18)16-23(30)26(22)25(24)19-10-7-11-21(28)14-19/h4-11,14,20,25,29H,3,12-13,15-16H2,1-2H3/t20-,25-/m0/s1. The molecule has 1 aliphatic heterocycles. The van der Waals surface area contributed by atoms with Crippen LogP contribution in [0, 0.1) is 5.82 Å². The summed E-state index contributed by atoms with van der Waals surface area (Å²) in [6.07, 6.45) is 0.975. The van der Waals surface area contributed by atoms with Crippen LogP contribution in [0.25, 0.3) is 0 Å². The van der Waals surface area contributed by atoms with E-state index in [-0.39, 0.29) is 24.9 Å². The monoisotopic (exact) mass is 449 g/mol. The molecule has 1 N–H and O–H groups in total. The smallest absolute Gasteiger partial charge is 0.336 e. The summed E-state index contributed by atoms with van der Waals surface area (Å²) in [5.74, 6) is -1.62. The zero-order valence-corrected chi connectivity index (χ0v) is 18.9. The van der Waals surface area contributed by atoms with Crippen molar-refractivity contribution in [3.05, 3.63) is 94.1 Å². The zero-order chi connectivity index (χ0) is 23.4. The van der Waals surface area contributed by atoms with Gasteiger partial charge in [0.2, 0.25) is 0 Å². The van der Waals surface area contributed by atoms with E-state index in [4.69, 9.17) is 9.47 Å². The topological polar surface area (TPSA) is 64.6 Å². The average Bonchev–Trinajstić information content (AvgIpc) is 2.81. The number of esters is 1. The lowest BCUT2D eigenvalue weighted by atomic mass is 9.71. The van der Waals surface area contributed by atoms with Crippen molar-refractivity contribution >= 4 is 11.8 Å². The summed E-state index contributed by atoms with van der Waals surface area (Å²) >= 11 is 0. The summed E-state index contributed by atoms with van der Waals surface area (Å²) in [5.41, 5.74) is 3.93. The molecule has 0 spiro atoms. The number of rotatable bonds is 7. The number of hydrogen-bond donors (Lipinski definition) is 1. The number of dihydropyridines is 1. The molecule has 0 saturated carbocycles. The van der Waals surface area contributed by atoms with E-state index in [1.165, 1.54) is 12.1 Å². The maximum Gasteiger partial charge on any atom is 0.336 e. The fourth-order valence-electron chi connectivity index (χ4n) is 4.71. The lowest BCUT2D eigenvalue weighted by Crippen LogP contribution is -2.36. The molecule has 4 rings (SSSR count). The van der Waals surface area contributed by atoms with E-state index in [2.05, 4.69) is 5.32 Å². The number of hydrogen-bond acceptors (Lipinski definition) is 5. The number of halogens is 1. The van der Waals surface area contributed by atoms with Crippen LogP contribution in [-0.4, -0.2) is 31.6 Å². The summed E-state index contributed by atoms with van der Waals surface area (Å²) in [6, 6.07) is 16.0. The molecule has 0 fully saturated rings. The molecule has 0 radical (unpaired) electrons. The van der Waals surface area contributed by atoms with Gasteiger partial charge in [-0.3, -0.25) is 4.79 Å². The molecule has 0 unspecified atom stereocenters. The first-order valence-electron chi connectivity index (χ1n) is 11.3. The van der Waals surface area contributed by atoms with Gasteiger partial charge in [-0.2, -0.15) is 0 Å². The fraction of sp³-hybridized carbons (Fsp3) is 0.333. The van der Waals surface area contributed by atoms with E-state index in [1.807, 2.05) is 37.3 Å². The highest BCUT2D eigenvalue weighted by Gasteiger charge is 2.41. The van der Waals surface area contributed by atoms with E-state index in [1.54, 1.807) is 19.1 Å². The van der Waals surface area contributed by atoms with Crippen molar-refractivity contribution in [1.82, 2.24) is 5.32 Å². The molecule has 33 heavy (non-hydrogen) atoms. The van der Waals surface area contributed by atoms with Crippen molar-refractivity contribution in [2.45, 2.75) is 38.5 Å². The molecule has 0 saturated heterocycles. The number of ketones is 1. The summed E-state index contributed by atoms with van der Waals surface area (Å²) in [4.78, 5) is 26.6. The highest BCUT2D eigenvalue weighted by molar-refractivity contribution is 6.04. The van der Waals surface area contributed by atoms with Gasteiger partial charge in [-0.05, 0) is 49.4 Å². The van der Waals surface area contributed by atoms with E-state index >= 15 is 0 Å². The molecule has 2 aromatic carbocycles. The molecule has 0 aromatic heterocycles. The third kappa shape index (κ3) is 4.91. The summed E-state index contributed by atoms with van der Waals surface area (Å²) in [7, 11) is 0. The Hall–Kier alpha value is -3.25. The number of carbonyl (C=O) groups excluding carboxylic acids is 2. The zero-order valence-electron chi connectivity index (χ0n) is 18.9. The quantitative estimate of drug-likeness (QED) is 0.487. The first-order valence-corrected chi connectivity index (χ1v) is 11.3. The van der Waals surface area contributed by atoms with Crippen LogP contribution in [0.15, 0.2) is 77.1 Å². The Morgan fingerprint density at radius 3 is 2.55 bits per heavy atom. The van der Waals surface area contributed by atoms with Crippen LogP contribution in [-0.2, 0) is 19.1 Å². The molecule has 2 aromatic rings. The highest BCUT2D eigenvalue weighted by atomic mass is 19.1. The lowest BCUT2D eigenvalue weighted by molar-refractivity contribution is -0.140. The van der Waals surface area contributed by atoms with Gasteiger partial charge in [0, 0.05) is 35.9 Å². The SMILES string of the molecule is CCOCCOC(=O)C1=C(C)NC2=C(C(=O)C[C@@H](c3ccccc3)C2)[C@H]1c1cccc(F)c1. The highest BCUT2D eigenvalue weighted by Crippen LogP contribution is 2.45. The predicted octanol–water partition coefficient (Wildman–Crippen LogP) is 4.77. The van der Waals surface area contributed by atoms with Crippen molar-refractivity contribution in [1.29, 1.82) is 0 Å². The minimum absolute atomic E-state index is 0.0426. The Morgan fingerprint density at radius 1 is 1.06 bits per heavy atom. The summed E-state index contributed by atoms with van der Waals surface area (Å²) in [5, 5.41) is 3.31. The first-order chi connectivity index (χ1) is 16.0. The Labute approximate surface area is 193 Å². The second kappa shape index (κ2) is 10.1. The van der Waals surface area contributed by atoms with Crippen molar-refractivity contribution in [2.75, 3.05) is 19.8 Å². The molecule has 1 heterocycles. The number of benzene rings is 2. The molecular weight excluding hydrogens is 421 g/mol. The number of Topliss-reactive ketones (excluding diaryl/α,β-unsaturated/α-hetero) is 1. The lowest BCUT2D eigenvalue weighted by Gasteiger charge is -2.36. The molecule has 0 bridgehead atoms. The van der Waals surface area contributed by atoms with Gasteiger partial charge in [-0.1, -0.05) is 42.5 Å². The van der Waals surface area contributed by atoms with Gasteiger partial charge in [-0.25, -0.2) is 9.18 Å². The average molecular weight is 450 g/mol. The Balaban J connectivity index is 1.72. The molecular formula is C27H28FNO4. The molecule has 1 aliphatic carbocycles. The van der Waals surface area contributed by atoms with Crippen LogP contribution >= 0.6 is 0 Å². The molecule has 6 heteroatoms.